The molecule has 8 heteroatoms. The Hall–Kier alpha value is -1.57. The molecule has 2 heterocycles. The van der Waals surface area contributed by atoms with Crippen LogP contribution in [0.5, 0.6) is 5.75 Å². The van der Waals surface area contributed by atoms with Crippen LogP contribution < -0.4 is 10.3 Å². The molecule has 2 aromatic heterocycles. The average molecular weight is 382 g/mol. The van der Waals surface area contributed by atoms with E-state index in [4.69, 9.17) is 16.3 Å². The van der Waals surface area contributed by atoms with E-state index in [2.05, 4.69) is 10.1 Å². The number of nitrogens with zero attached hydrogens (tertiary/aromatic N) is 3. The van der Waals surface area contributed by atoms with E-state index in [9.17, 15) is 4.79 Å². The summed E-state index contributed by atoms with van der Waals surface area (Å²) in [5, 5.41) is 5.85. The van der Waals surface area contributed by atoms with Gasteiger partial charge in [-0.1, -0.05) is 29.9 Å². The van der Waals surface area contributed by atoms with E-state index >= 15 is 0 Å². The second kappa shape index (κ2) is 7.55. The molecule has 0 amide bonds. The molecule has 3 rings (SSSR count). The third kappa shape index (κ3) is 3.74. The zero-order valence-corrected chi connectivity index (χ0v) is 15.7. The minimum Gasteiger partial charge on any atom is -0.496 e. The minimum absolute atomic E-state index is 0.133. The first-order chi connectivity index (χ1) is 11.6. The molecule has 0 saturated carbocycles. The molecule has 126 valence electrons. The van der Waals surface area contributed by atoms with Crippen LogP contribution in [0.4, 0.5) is 0 Å². The maximum Gasteiger partial charge on any atom is 0.275 e. The third-order valence-corrected chi connectivity index (χ3v) is 5.70. The Labute approximate surface area is 152 Å². The number of aromatic nitrogens is 3. The molecular weight excluding hydrogens is 366 g/mol. The van der Waals surface area contributed by atoms with Crippen LogP contribution in [0.2, 0.25) is 5.02 Å². The Morgan fingerprint density at radius 3 is 2.92 bits per heavy atom. The molecule has 0 fully saturated rings. The summed E-state index contributed by atoms with van der Waals surface area (Å²) < 4.78 is 6.72. The van der Waals surface area contributed by atoms with Crippen molar-refractivity contribution in [3.05, 3.63) is 55.9 Å². The lowest BCUT2D eigenvalue weighted by Gasteiger charge is -2.08. The molecule has 0 unspecified atom stereocenters. The quantitative estimate of drug-likeness (QED) is 0.649. The number of thioether (sulfide) groups is 1. The van der Waals surface area contributed by atoms with Crippen molar-refractivity contribution in [1.82, 2.24) is 14.6 Å². The van der Waals surface area contributed by atoms with Crippen molar-refractivity contribution in [2.75, 3.05) is 7.11 Å². The van der Waals surface area contributed by atoms with Gasteiger partial charge in [0.2, 0.25) is 4.96 Å². The molecule has 0 saturated heterocycles. The standard InChI is InChI=1S/C16H16ClN3O2S2/c1-3-14-19-20-15(21)7-12(18-16(20)24-14)9-23-8-10-6-11(17)4-5-13(10)22-2/h4-7H,3,8-9H2,1-2H3. The Morgan fingerprint density at radius 1 is 1.33 bits per heavy atom. The van der Waals surface area contributed by atoms with Crippen molar-refractivity contribution >= 4 is 39.7 Å². The summed E-state index contributed by atoms with van der Waals surface area (Å²) in [6.45, 7) is 2.01. The molecule has 5 nitrogen and oxygen atoms in total. The first-order valence-corrected chi connectivity index (χ1v) is 9.74. The van der Waals surface area contributed by atoms with Crippen LogP contribution in [-0.2, 0) is 17.9 Å². The molecule has 1 aromatic carbocycles. The van der Waals surface area contributed by atoms with Gasteiger partial charge in [-0.3, -0.25) is 4.79 Å². The Morgan fingerprint density at radius 2 is 2.17 bits per heavy atom. The number of hydrogen-bond donors (Lipinski definition) is 0. The zero-order chi connectivity index (χ0) is 17.1. The summed E-state index contributed by atoms with van der Waals surface area (Å²) in [5.74, 6) is 2.18. The van der Waals surface area contributed by atoms with Gasteiger partial charge in [0.25, 0.3) is 5.56 Å². The van der Waals surface area contributed by atoms with E-state index < -0.39 is 0 Å². The van der Waals surface area contributed by atoms with Crippen LogP contribution in [-0.4, -0.2) is 21.7 Å². The predicted octanol–water partition coefficient (Wildman–Crippen LogP) is 3.81. The van der Waals surface area contributed by atoms with Crippen molar-refractivity contribution in [1.29, 1.82) is 0 Å². The van der Waals surface area contributed by atoms with Crippen molar-refractivity contribution in [2.24, 2.45) is 0 Å². The molecule has 0 atom stereocenters. The first kappa shape index (κ1) is 17.3. The van der Waals surface area contributed by atoms with Crippen LogP contribution in [0.25, 0.3) is 4.96 Å². The van der Waals surface area contributed by atoms with Crippen molar-refractivity contribution < 1.29 is 4.74 Å². The number of rotatable bonds is 6. The average Bonchev–Trinajstić information content (AvgIpc) is 2.99. The van der Waals surface area contributed by atoms with Gasteiger partial charge < -0.3 is 4.74 Å². The van der Waals surface area contributed by atoms with E-state index in [0.29, 0.717) is 15.7 Å². The second-order valence-corrected chi connectivity index (χ2v) is 7.54. The number of fused-ring (bicyclic) bond motifs is 1. The van der Waals surface area contributed by atoms with Crippen LogP contribution in [0, 0.1) is 0 Å². The highest BCUT2D eigenvalue weighted by atomic mass is 35.5. The van der Waals surface area contributed by atoms with Gasteiger partial charge >= 0.3 is 0 Å². The van der Waals surface area contributed by atoms with E-state index in [1.165, 1.54) is 15.9 Å². The molecule has 0 aliphatic carbocycles. The van der Waals surface area contributed by atoms with Gasteiger partial charge in [-0.05, 0) is 24.6 Å². The van der Waals surface area contributed by atoms with Crippen molar-refractivity contribution in [3.63, 3.8) is 0 Å². The van der Waals surface area contributed by atoms with Crippen molar-refractivity contribution in [3.8, 4) is 5.75 Å². The van der Waals surface area contributed by atoms with Gasteiger partial charge in [-0.2, -0.15) is 21.4 Å². The Bertz CT molecular complexity index is 923. The molecule has 0 spiro atoms. The molecular formula is C16H16ClN3O2S2. The van der Waals surface area contributed by atoms with E-state index in [-0.39, 0.29) is 5.56 Å². The van der Waals surface area contributed by atoms with Crippen LogP contribution in [0.15, 0.2) is 29.1 Å². The highest BCUT2D eigenvalue weighted by molar-refractivity contribution is 7.97. The fourth-order valence-corrected chi connectivity index (χ4v) is 4.20. The number of aryl methyl sites for hydroxylation is 1. The largest absolute Gasteiger partial charge is 0.496 e. The van der Waals surface area contributed by atoms with Gasteiger partial charge in [-0.15, -0.1) is 0 Å². The molecule has 0 N–H and O–H groups in total. The second-order valence-electron chi connectivity index (χ2n) is 5.08. The highest BCUT2D eigenvalue weighted by Crippen LogP contribution is 2.27. The summed E-state index contributed by atoms with van der Waals surface area (Å²) in [7, 11) is 1.64. The normalized spacial score (nSPS) is 11.1. The van der Waals surface area contributed by atoms with Crippen LogP contribution >= 0.6 is 34.7 Å². The van der Waals surface area contributed by atoms with Gasteiger partial charge in [0, 0.05) is 28.2 Å². The van der Waals surface area contributed by atoms with Gasteiger partial charge in [0.15, 0.2) is 0 Å². The lowest BCUT2D eigenvalue weighted by atomic mass is 10.2. The third-order valence-electron chi connectivity index (χ3n) is 3.39. The van der Waals surface area contributed by atoms with E-state index in [1.54, 1.807) is 31.0 Å². The lowest BCUT2D eigenvalue weighted by molar-refractivity contribution is 0.411. The fourth-order valence-electron chi connectivity index (χ4n) is 2.24. The smallest absolute Gasteiger partial charge is 0.275 e. The number of benzene rings is 1. The molecule has 24 heavy (non-hydrogen) atoms. The summed E-state index contributed by atoms with van der Waals surface area (Å²) in [6, 6.07) is 7.11. The molecule has 0 aliphatic rings. The summed E-state index contributed by atoms with van der Waals surface area (Å²) in [6.07, 6.45) is 0.798. The fraction of sp³-hybridized carbons (Fsp3) is 0.312. The predicted molar refractivity (Wildman–Crippen MR) is 99.5 cm³/mol. The van der Waals surface area contributed by atoms with Crippen molar-refractivity contribution in [2.45, 2.75) is 24.9 Å². The highest BCUT2D eigenvalue weighted by Gasteiger charge is 2.09. The summed E-state index contributed by atoms with van der Waals surface area (Å²) in [4.78, 5) is 17.3. The lowest BCUT2D eigenvalue weighted by Crippen LogP contribution is -2.15. The molecule has 0 aliphatic heterocycles. The topological polar surface area (TPSA) is 56.5 Å². The molecule has 3 aromatic rings. The van der Waals surface area contributed by atoms with E-state index in [0.717, 1.165) is 34.2 Å². The number of methoxy groups -OCH3 is 1. The maximum absolute atomic E-state index is 12.1. The van der Waals surface area contributed by atoms with Gasteiger partial charge in [-0.25, -0.2) is 4.98 Å². The van der Waals surface area contributed by atoms with Gasteiger partial charge in [0.05, 0.1) is 12.8 Å². The van der Waals surface area contributed by atoms with Crippen LogP contribution in [0.3, 0.4) is 0 Å². The SMILES string of the molecule is CCc1nn2c(=O)cc(CSCc3cc(Cl)ccc3OC)nc2s1. The number of ether oxygens (including phenoxy) is 1. The maximum atomic E-state index is 12.1. The number of halogens is 1. The Balaban J connectivity index is 1.74. The van der Waals surface area contributed by atoms with Gasteiger partial charge in [0.1, 0.15) is 10.8 Å². The number of hydrogen-bond acceptors (Lipinski definition) is 6. The summed E-state index contributed by atoms with van der Waals surface area (Å²) in [5.41, 5.74) is 1.66. The summed E-state index contributed by atoms with van der Waals surface area (Å²) >= 11 is 9.17. The molecule has 0 radical (unpaired) electrons. The zero-order valence-electron chi connectivity index (χ0n) is 13.3. The first-order valence-electron chi connectivity index (χ1n) is 7.39. The molecule has 0 bridgehead atoms. The Kier molecular flexibility index (Phi) is 5.43. The minimum atomic E-state index is -0.133. The van der Waals surface area contributed by atoms with E-state index in [1.807, 2.05) is 19.1 Å². The van der Waals surface area contributed by atoms with Crippen LogP contribution in [0.1, 0.15) is 23.2 Å². The monoisotopic (exact) mass is 381 g/mol.